The Kier molecular flexibility index (Phi) is 6.58. The van der Waals surface area contributed by atoms with E-state index < -0.39 is 23.5 Å². The highest BCUT2D eigenvalue weighted by molar-refractivity contribution is 7.18. The third-order valence-corrected chi connectivity index (χ3v) is 6.32. The molecule has 0 aliphatic heterocycles. The number of hydrogen-bond donors (Lipinski definition) is 2. The Morgan fingerprint density at radius 3 is 2.62 bits per heavy atom. The average molecular weight is 459 g/mol. The fourth-order valence-corrected chi connectivity index (χ4v) is 4.94. The smallest absolute Gasteiger partial charge is 0.259 e. The predicted octanol–water partition coefficient (Wildman–Crippen LogP) is 4.60. The van der Waals surface area contributed by atoms with Gasteiger partial charge in [0.2, 0.25) is 0 Å². The van der Waals surface area contributed by atoms with Crippen LogP contribution in [0.4, 0.5) is 8.78 Å². The van der Waals surface area contributed by atoms with E-state index in [4.69, 9.17) is 34.7 Å². The number of nitrogens with zero attached hydrogens (tertiary/aromatic N) is 2. The van der Waals surface area contributed by atoms with Gasteiger partial charge in [-0.05, 0) is 43.1 Å². The lowest BCUT2D eigenvalue weighted by Gasteiger charge is -2.19. The lowest BCUT2D eigenvalue weighted by molar-refractivity contribution is 0.100. The first-order chi connectivity index (χ1) is 13.8. The van der Waals surface area contributed by atoms with E-state index in [1.54, 1.807) is 4.68 Å². The van der Waals surface area contributed by atoms with Gasteiger partial charge >= 0.3 is 0 Å². The van der Waals surface area contributed by atoms with E-state index in [-0.39, 0.29) is 17.8 Å². The molecule has 154 valence electrons. The van der Waals surface area contributed by atoms with E-state index in [2.05, 4.69) is 5.10 Å². The summed E-state index contributed by atoms with van der Waals surface area (Å²) in [7, 11) is 0. The van der Waals surface area contributed by atoms with Crippen LogP contribution in [0.15, 0.2) is 24.4 Å². The van der Waals surface area contributed by atoms with Crippen LogP contribution >= 0.6 is 34.5 Å². The number of nitrogens with two attached hydrogens (primary N) is 2. The van der Waals surface area contributed by atoms with Gasteiger partial charge in [0.05, 0.1) is 21.8 Å². The summed E-state index contributed by atoms with van der Waals surface area (Å²) in [5.74, 6) is -2.98. The standard InChI is InChI=1S/C19H18Cl2F2N4OS/c1-2-27-16(11(20)8-26-27)15-14(17(19(25)28)29-18(15)21)10(7-24)5-9-3-4-12(22)13(23)6-9/h3-4,6,8,10H,2,5,7,24H2,1H3,(H2,25,28)/t10-/m1/s1. The second-order valence-corrected chi connectivity index (χ2v) is 8.43. The van der Waals surface area contributed by atoms with Crippen molar-refractivity contribution in [2.45, 2.75) is 25.8 Å². The molecule has 2 heterocycles. The van der Waals surface area contributed by atoms with Crippen LogP contribution in [0.3, 0.4) is 0 Å². The number of aryl methyl sites for hydroxylation is 1. The Morgan fingerprint density at radius 2 is 2.03 bits per heavy atom. The molecule has 0 fully saturated rings. The van der Waals surface area contributed by atoms with Gasteiger partial charge in [-0.15, -0.1) is 11.3 Å². The maximum absolute atomic E-state index is 13.7. The molecule has 2 aromatic heterocycles. The molecule has 0 unspecified atom stereocenters. The number of aromatic nitrogens is 2. The van der Waals surface area contributed by atoms with E-state index in [1.165, 1.54) is 12.3 Å². The van der Waals surface area contributed by atoms with Gasteiger partial charge in [-0.3, -0.25) is 9.48 Å². The molecule has 0 radical (unpaired) electrons. The van der Waals surface area contributed by atoms with Gasteiger partial charge in [-0.2, -0.15) is 5.10 Å². The normalized spacial score (nSPS) is 12.3. The first-order valence-corrected chi connectivity index (χ1v) is 10.3. The number of benzene rings is 1. The van der Waals surface area contributed by atoms with Crippen LogP contribution in [0, 0.1) is 11.6 Å². The van der Waals surface area contributed by atoms with Crippen molar-refractivity contribution in [1.29, 1.82) is 0 Å². The number of halogens is 4. The molecule has 3 rings (SSSR count). The van der Waals surface area contributed by atoms with E-state index >= 15 is 0 Å². The molecule has 0 bridgehead atoms. The largest absolute Gasteiger partial charge is 0.365 e. The van der Waals surface area contributed by atoms with Gasteiger partial charge in [0, 0.05) is 18.0 Å². The Morgan fingerprint density at radius 1 is 1.31 bits per heavy atom. The summed E-state index contributed by atoms with van der Waals surface area (Å²) in [5, 5.41) is 4.60. The van der Waals surface area contributed by atoms with Gasteiger partial charge < -0.3 is 11.5 Å². The number of thiophene rings is 1. The van der Waals surface area contributed by atoms with Crippen molar-refractivity contribution in [2.75, 3.05) is 6.54 Å². The lowest BCUT2D eigenvalue weighted by Crippen LogP contribution is -2.20. The molecule has 3 aromatic rings. The Hall–Kier alpha value is -2.00. The number of primary amides is 1. The Labute approximate surface area is 180 Å². The van der Waals surface area contributed by atoms with Crippen molar-refractivity contribution in [3.05, 3.63) is 61.4 Å². The number of rotatable bonds is 7. The Bertz CT molecular complexity index is 1070. The van der Waals surface area contributed by atoms with Gasteiger partial charge in [0.1, 0.15) is 4.34 Å². The highest BCUT2D eigenvalue weighted by atomic mass is 35.5. The lowest BCUT2D eigenvalue weighted by atomic mass is 9.88. The average Bonchev–Trinajstić information content (AvgIpc) is 3.21. The number of carbonyl (C=O) groups is 1. The summed E-state index contributed by atoms with van der Waals surface area (Å²) >= 11 is 13.9. The second-order valence-electron chi connectivity index (χ2n) is 6.40. The van der Waals surface area contributed by atoms with Gasteiger partial charge in [-0.25, -0.2) is 8.78 Å². The van der Waals surface area contributed by atoms with Crippen molar-refractivity contribution in [1.82, 2.24) is 9.78 Å². The van der Waals surface area contributed by atoms with Crippen molar-refractivity contribution >= 4 is 40.4 Å². The summed E-state index contributed by atoms with van der Waals surface area (Å²) in [6.07, 6.45) is 1.75. The van der Waals surface area contributed by atoms with Gasteiger partial charge in [0.15, 0.2) is 11.6 Å². The van der Waals surface area contributed by atoms with E-state index in [0.717, 1.165) is 23.5 Å². The Balaban J connectivity index is 2.18. The van der Waals surface area contributed by atoms with Crippen LogP contribution in [0.1, 0.15) is 33.6 Å². The molecule has 0 aliphatic carbocycles. The van der Waals surface area contributed by atoms with Crippen LogP contribution < -0.4 is 11.5 Å². The van der Waals surface area contributed by atoms with Gasteiger partial charge in [0.25, 0.3) is 5.91 Å². The molecule has 1 amide bonds. The van der Waals surface area contributed by atoms with Crippen molar-refractivity contribution in [3.63, 3.8) is 0 Å². The maximum atomic E-state index is 13.7. The van der Waals surface area contributed by atoms with E-state index in [9.17, 15) is 13.6 Å². The molecule has 0 aliphatic rings. The molecule has 0 saturated heterocycles. The first-order valence-electron chi connectivity index (χ1n) is 8.76. The molecule has 1 atom stereocenters. The van der Waals surface area contributed by atoms with Crippen LogP contribution in [0.25, 0.3) is 11.3 Å². The van der Waals surface area contributed by atoms with Crippen LogP contribution in [0.2, 0.25) is 9.36 Å². The maximum Gasteiger partial charge on any atom is 0.259 e. The topological polar surface area (TPSA) is 86.9 Å². The molecule has 1 aromatic carbocycles. The van der Waals surface area contributed by atoms with Gasteiger partial charge in [-0.1, -0.05) is 29.3 Å². The van der Waals surface area contributed by atoms with E-state index in [0.29, 0.717) is 38.3 Å². The fraction of sp³-hybridized carbons (Fsp3) is 0.263. The second kappa shape index (κ2) is 8.79. The molecule has 0 saturated carbocycles. The molecule has 10 heteroatoms. The van der Waals surface area contributed by atoms with Crippen molar-refractivity contribution < 1.29 is 13.6 Å². The SMILES string of the molecule is CCn1ncc(Cl)c1-c1c(Cl)sc(C(N)=O)c1[C@@H](CN)Cc1ccc(F)c(F)c1. The zero-order chi connectivity index (χ0) is 21.3. The van der Waals surface area contributed by atoms with Crippen molar-refractivity contribution in [2.24, 2.45) is 11.5 Å². The summed E-state index contributed by atoms with van der Waals surface area (Å²) in [4.78, 5) is 12.4. The molecule has 0 spiro atoms. The van der Waals surface area contributed by atoms with E-state index in [1.807, 2.05) is 6.92 Å². The quantitative estimate of drug-likeness (QED) is 0.542. The van der Waals surface area contributed by atoms with Crippen LogP contribution in [-0.4, -0.2) is 22.2 Å². The third kappa shape index (κ3) is 4.16. The third-order valence-electron chi connectivity index (χ3n) is 4.62. The molecule has 29 heavy (non-hydrogen) atoms. The van der Waals surface area contributed by atoms with Crippen LogP contribution in [0.5, 0.6) is 0 Å². The summed E-state index contributed by atoms with van der Waals surface area (Å²) in [6.45, 7) is 2.54. The number of carbonyl (C=O) groups excluding carboxylic acids is 1. The summed E-state index contributed by atoms with van der Waals surface area (Å²) in [5.41, 5.74) is 13.8. The van der Waals surface area contributed by atoms with Crippen molar-refractivity contribution in [3.8, 4) is 11.3 Å². The summed E-state index contributed by atoms with van der Waals surface area (Å²) in [6, 6.07) is 3.64. The molecule has 4 N–H and O–H groups in total. The predicted molar refractivity (Wildman–Crippen MR) is 112 cm³/mol. The zero-order valence-electron chi connectivity index (χ0n) is 15.4. The molecule has 5 nitrogen and oxygen atoms in total. The minimum Gasteiger partial charge on any atom is -0.365 e. The number of hydrogen-bond acceptors (Lipinski definition) is 4. The monoisotopic (exact) mass is 458 g/mol. The minimum absolute atomic E-state index is 0.122. The fourth-order valence-electron chi connectivity index (χ4n) is 3.31. The van der Waals surface area contributed by atoms with Crippen LogP contribution in [-0.2, 0) is 13.0 Å². The highest BCUT2D eigenvalue weighted by Crippen LogP contribution is 2.46. The number of amides is 1. The summed E-state index contributed by atoms with van der Waals surface area (Å²) < 4.78 is 29.0. The zero-order valence-corrected chi connectivity index (χ0v) is 17.7. The highest BCUT2D eigenvalue weighted by Gasteiger charge is 2.30. The molecular formula is C19H18Cl2F2N4OS. The minimum atomic E-state index is -0.955. The molecular weight excluding hydrogens is 441 g/mol. The first kappa shape index (κ1) is 21.7.